The average Bonchev–Trinajstić information content (AvgIpc) is 2.51. The lowest BCUT2D eigenvalue weighted by molar-refractivity contribution is -0.152. The van der Waals surface area contributed by atoms with Crippen LogP contribution in [0.5, 0.6) is 0 Å². The summed E-state index contributed by atoms with van der Waals surface area (Å²) in [6.45, 7) is 8.70. The molecule has 0 aromatic heterocycles. The van der Waals surface area contributed by atoms with Crippen molar-refractivity contribution in [2.24, 2.45) is 11.3 Å². The van der Waals surface area contributed by atoms with E-state index in [2.05, 4.69) is 19.2 Å². The molecule has 0 aromatic carbocycles. The molecule has 5 nitrogen and oxygen atoms in total. The van der Waals surface area contributed by atoms with Gasteiger partial charge in [-0.1, -0.05) is 33.6 Å². The number of carbonyl (C=O) groups excluding carboxylic acids is 2. The van der Waals surface area contributed by atoms with E-state index in [-0.39, 0.29) is 23.8 Å². The molecule has 0 bridgehead atoms. The van der Waals surface area contributed by atoms with Crippen molar-refractivity contribution in [3.8, 4) is 0 Å². The Labute approximate surface area is 128 Å². The van der Waals surface area contributed by atoms with Gasteiger partial charge in [-0.2, -0.15) is 0 Å². The maximum Gasteiger partial charge on any atom is 0.325 e. The van der Waals surface area contributed by atoms with Crippen molar-refractivity contribution < 1.29 is 14.3 Å². The van der Waals surface area contributed by atoms with Crippen LogP contribution in [0.2, 0.25) is 0 Å². The molecule has 5 heteroatoms. The van der Waals surface area contributed by atoms with Gasteiger partial charge in [-0.15, -0.1) is 0 Å². The third kappa shape index (κ3) is 4.99. The number of nitrogens with one attached hydrogen (secondary N) is 1. The highest BCUT2D eigenvalue weighted by Gasteiger charge is 2.38. The minimum atomic E-state index is -0.356. The van der Waals surface area contributed by atoms with Gasteiger partial charge in [0.05, 0.1) is 7.11 Å². The maximum absolute atomic E-state index is 12.9. The predicted molar refractivity (Wildman–Crippen MR) is 82.9 cm³/mol. The molecular weight excluding hydrogens is 268 g/mol. The van der Waals surface area contributed by atoms with Crippen molar-refractivity contribution in [1.29, 1.82) is 0 Å². The van der Waals surface area contributed by atoms with Gasteiger partial charge in [0.25, 0.3) is 0 Å². The number of carbonyl (C=O) groups is 2. The molecule has 0 unspecified atom stereocenters. The van der Waals surface area contributed by atoms with Crippen LogP contribution in [0.15, 0.2) is 0 Å². The summed E-state index contributed by atoms with van der Waals surface area (Å²) in [5.41, 5.74) is -0.356. The summed E-state index contributed by atoms with van der Waals surface area (Å²) in [6, 6.07) is 0. The number of amides is 1. The zero-order valence-electron chi connectivity index (χ0n) is 13.9. The lowest BCUT2D eigenvalue weighted by Gasteiger charge is -2.38. The summed E-state index contributed by atoms with van der Waals surface area (Å²) in [5.74, 6) is 0.192. The molecule has 1 saturated heterocycles. The number of hydrogen-bond donors (Lipinski definition) is 1. The van der Waals surface area contributed by atoms with Crippen LogP contribution in [0.1, 0.15) is 46.5 Å². The molecule has 1 heterocycles. The van der Waals surface area contributed by atoms with Crippen LogP contribution in [-0.2, 0) is 14.3 Å². The van der Waals surface area contributed by atoms with E-state index in [1.54, 1.807) is 4.90 Å². The Morgan fingerprint density at radius 2 is 1.81 bits per heavy atom. The largest absolute Gasteiger partial charge is 0.468 e. The highest BCUT2D eigenvalue weighted by molar-refractivity contribution is 5.86. The zero-order chi connectivity index (χ0) is 15.9. The average molecular weight is 298 g/mol. The first-order valence-electron chi connectivity index (χ1n) is 8.03. The summed E-state index contributed by atoms with van der Waals surface area (Å²) in [6.07, 6.45) is 3.68. The van der Waals surface area contributed by atoms with Gasteiger partial charge in [0.1, 0.15) is 6.54 Å². The van der Waals surface area contributed by atoms with Crippen molar-refractivity contribution >= 4 is 11.9 Å². The van der Waals surface area contributed by atoms with Gasteiger partial charge in [-0.25, -0.2) is 0 Å². The molecule has 122 valence electrons. The van der Waals surface area contributed by atoms with E-state index in [0.717, 1.165) is 38.8 Å². The van der Waals surface area contributed by atoms with Crippen molar-refractivity contribution in [2.75, 3.05) is 33.3 Å². The monoisotopic (exact) mass is 298 g/mol. The molecule has 1 amide bonds. The highest BCUT2D eigenvalue weighted by Crippen LogP contribution is 2.31. The second-order valence-corrected chi connectivity index (χ2v) is 6.25. The Kier molecular flexibility index (Phi) is 7.15. The lowest BCUT2D eigenvalue weighted by atomic mass is 9.79. The fourth-order valence-corrected chi connectivity index (χ4v) is 2.87. The van der Waals surface area contributed by atoms with Gasteiger partial charge in [0, 0.05) is 12.0 Å². The first kappa shape index (κ1) is 18.0. The van der Waals surface area contributed by atoms with Gasteiger partial charge in [-0.05, 0) is 31.8 Å². The van der Waals surface area contributed by atoms with E-state index in [1.807, 2.05) is 6.92 Å². The van der Waals surface area contributed by atoms with Crippen LogP contribution in [0.4, 0.5) is 0 Å². The third-order valence-electron chi connectivity index (χ3n) is 4.69. The number of methoxy groups -OCH3 is 1. The molecular formula is C16H30N2O3. The van der Waals surface area contributed by atoms with E-state index in [9.17, 15) is 9.59 Å². The van der Waals surface area contributed by atoms with E-state index < -0.39 is 0 Å². The van der Waals surface area contributed by atoms with Crippen LogP contribution < -0.4 is 5.32 Å². The Balaban J connectivity index is 2.82. The number of rotatable bonds is 7. The van der Waals surface area contributed by atoms with E-state index in [1.165, 1.54) is 7.11 Å². The fourth-order valence-electron chi connectivity index (χ4n) is 2.87. The molecule has 0 atom stereocenters. The SMILES string of the molecule is CCC(CC)CN(CC(=O)OC)C(=O)C1(C)CCNCC1. The van der Waals surface area contributed by atoms with Gasteiger partial charge in [0.2, 0.25) is 5.91 Å². The molecule has 1 fully saturated rings. The first-order valence-corrected chi connectivity index (χ1v) is 8.03. The van der Waals surface area contributed by atoms with Crippen LogP contribution in [0.25, 0.3) is 0 Å². The summed E-state index contributed by atoms with van der Waals surface area (Å²) < 4.78 is 4.75. The molecule has 0 spiro atoms. The fraction of sp³-hybridized carbons (Fsp3) is 0.875. The van der Waals surface area contributed by atoms with Crippen LogP contribution >= 0.6 is 0 Å². The van der Waals surface area contributed by atoms with Gasteiger partial charge < -0.3 is 15.0 Å². The predicted octanol–water partition coefficient (Wildman–Crippen LogP) is 1.81. The molecule has 1 N–H and O–H groups in total. The maximum atomic E-state index is 12.9. The minimum absolute atomic E-state index is 0.0643. The summed E-state index contributed by atoms with van der Waals surface area (Å²) >= 11 is 0. The number of hydrogen-bond acceptors (Lipinski definition) is 4. The molecule has 21 heavy (non-hydrogen) atoms. The van der Waals surface area contributed by atoms with Crippen LogP contribution in [0, 0.1) is 11.3 Å². The molecule has 0 radical (unpaired) electrons. The van der Waals surface area contributed by atoms with Crippen LogP contribution in [0.3, 0.4) is 0 Å². The van der Waals surface area contributed by atoms with E-state index >= 15 is 0 Å². The molecule has 1 aliphatic rings. The van der Waals surface area contributed by atoms with Gasteiger partial charge in [-0.3, -0.25) is 9.59 Å². The standard InChI is InChI=1S/C16H30N2O3/c1-5-13(6-2)11-18(12-14(19)21-4)15(20)16(3)7-9-17-10-8-16/h13,17H,5-12H2,1-4H3. The summed E-state index contributed by atoms with van der Waals surface area (Å²) in [7, 11) is 1.37. The Morgan fingerprint density at radius 3 is 2.29 bits per heavy atom. The summed E-state index contributed by atoms with van der Waals surface area (Å²) in [4.78, 5) is 26.3. The lowest BCUT2D eigenvalue weighted by Crippen LogP contribution is -2.50. The Hall–Kier alpha value is -1.10. The topological polar surface area (TPSA) is 58.6 Å². The number of ether oxygens (including phenoxy) is 1. The van der Waals surface area contributed by atoms with Crippen molar-refractivity contribution in [1.82, 2.24) is 10.2 Å². The quantitative estimate of drug-likeness (QED) is 0.728. The summed E-state index contributed by atoms with van der Waals surface area (Å²) in [5, 5.41) is 3.29. The van der Waals surface area contributed by atoms with Gasteiger partial charge in [0.15, 0.2) is 0 Å². The number of nitrogens with zero attached hydrogens (tertiary/aromatic N) is 1. The number of piperidine rings is 1. The Morgan fingerprint density at radius 1 is 1.24 bits per heavy atom. The smallest absolute Gasteiger partial charge is 0.325 e. The second-order valence-electron chi connectivity index (χ2n) is 6.25. The van der Waals surface area contributed by atoms with Crippen LogP contribution in [-0.4, -0.2) is 50.1 Å². The molecule has 0 aliphatic carbocycles. The number of esters is 1. The van der Waals surface area contributed by atoms with E-state index in [4.69, 9.17) is 4.74 Å². The third-order valence-corrected chi connectivity index (χ3v) is 4.69. The highest BCUT2D eigenvalue weighted by atomic mass is 16.5. The molecule has 0 aromatic rings. The first-order chi connectivity index (χ1) is 9.96. The second kappa shape index (κ2) is 8.37. The molecule has 0 saturated carbocycles. The van der Waals surface area contributed by atoms with E-state index in [0.29, 0.717) is 12.5 Å². The van der Waals surface area contributed by atoms with Crippen molar-refractivity contribution in [2.45, 2.75) is 46.5 Å². The van der Waals surface area contributed by atoms with Gasteiger partial charge >= 0.3 is 5.97 Å². The zero-order valence-corrected chi connectivity index (χ0v) is 13.9. The molecule has 1 aliphatic heterocycles. The van der Waals surface area contributed by atoms with Crippen molar-refractivity contribution in [3.05, 3.63) is 0 Å². The normalized spacial score (nSPS) is 17.6. The Bertz CT molecular complexity index is 347. The minimum Gasteiger partial charge on any atom is -0.468 e. The molecule has 1 rings (SSSR count). The van der Waals surface area contributed by atoms with Crippen molar-refractivity contribution in [3.63, 3.8) is 0 Å².